The van der Waals surface area contributed by atoms with Crippen LogP contribution in [0.5, 0.6) is 0 Å². The zero-order valence-electron chi connectivity index (χ0n) is 7.28. The Hall–Kier alpha value is -1.24. The standard InChI is InChI=1S/C8H10N4S2/c9-12-8(14)11-7-3-1-6(2-4-7)10-5-13/h1-5H,9H2,(H,10,13)(H2,11,12,14). The maximum atomic E-state index is 5.11. The van der Waals surface area contributed by atoms with E-state index >= 15 is 0 Å². The van der Waals surface area contributed by atoms with Crippen molar-refractivity contribution < 1.29 is 0 Å². The first-order valence-electron chi connectivity index (χ1n) is 3.84. The average Bonchev–Trinajstić information content (AvgIpc) is 2.21. The van der Waals surface area contributed by atoms with Gasteiger partial charge in [0.05, 0.1) is 5.49 Å². The summed E-state index contributed by atoms with van der Waals surface area (Å²) in [5, 5.41) is 6.16. The molecular formula is C8H10N4S2. The van der Waals surface area contributed by atoms with Gasteiger partial charge in [-0.25, -0.2) is 5.84 Å². The monoisotopic (exact) mass is 226 g/mol. The Morgan fingerprint density at radius 1 is 1.21 bits per heavy atom. The van der Waals surface area contributed by atoms with E-state index in [0.717, 1.165) is 11.4 Å². The van der Waals surface area contributed by atoms with Crippen LogP contribution in [0, 0.1) is 0 Å². The van der Waals surface area contributed by atoms with Crippen LogP contribution >= 0.6 is 24.4 Å². The van der Waals surface area contributed by atoms with E-state index in [1.54, 1.807) is 0 Å². The van der Waals surface area contributed by atoms with Crippen molar-refractivity contribution in [2.75, 3.05) is 10.6 Å². The zero-order chi connectivity index (χ0) is 10.4. The van der Waals surface area contributed by atoms with Gasteiger partial charge in [-0.05, 0) is 36.5 Å². The summed E-state index contributed by atoms with van der Waals surface area (Å²) in [5.41, 5.74) is 5.58. The number of nitrogens with one attached hydrogen (secondary N) is 3. The third-order valence-electron chi connectivity index (χ3n) is 1.50. The second-order valence-electron chi connectivity index (χ2n) is 2.44. The number of hydrazine groups is 1. The Balaban J connectivity index is 2.63. The van der Waals surface area contributed by atoms with Crippen molar-refractivity contribution in [3.8, 4) is 0 Å². The summed E-state index contributed by atoms with van der Waals surface area (Å²) in [7, 11) is 0. The Morgan fingerprint density at radius 2 is 1.79 bits per heavy atom. The van der Waals surface area contributed by atoms with Gasteiger partial charge in [-0.15, -0.1) is 0 Å². The lowest BCUT2D eigenvalue weighted by Crippen LogP contribution is -2.34. The van der Waals surface area contributed by atoms with E-state index < -0.39 is 0 Å². The molecule has 0 aliphatic rings. The molecule has 0 atom stereocenters. The smallest absolute Gasteiger partial charge is 0.185 e. The second-order valence-corrected chi connectivity index (χ2v) is 3.08. The molecule has 0 saturated carbocycles. The van der Waals surface area contributed by atoms with Gasteiger partial charge >= 0.3 is 0 Å². The Bertz CT molecular complexity index is 323. The van der Waals surface area contributed by atoms with Gasteiger partial charge in [0.2, 0.25) is 0 Å². The molecule has 0 unspecified atom stereocenters. The fourth-order valence-corrected chi connectivity index (χ4v) is 1.14. The number of rotatable bonds is 3. The predicted octanol–water partition coefficient (Wildman–Crippen LogP) is 1.22. The van der Waals surface area contributed by atoms with Gasteiger partial charge in [-0.1, -0.05) is 12.2 Å². The predicted molar refractivity (Wildman–Crippen MR) is 67.3 cm³/mol. The van der Waals surface area contributed by atoms with Crippen molar-refractivity contribution in [1.29, 1.82) is 0 Å². The van der Waals surface area contributed by atoms with E-state index in [-0.39, 0.29) is 0 Å². The molecule has 0 bridgehead atoms. The normalized spacial score (nSPS) is 8.93. The lowest BCUT2D eigenvalue weighted by molar-refractivity contribution is 1.04. The molecule has 0 aliphatic heterocycles. The second kappa shape index (κ2) is 5.48. The van der Waals surface area contributed by atoms with Crippen molar-refractivity contribution in [3.05, 3.63) is 24.3 Å². The van der Waals surface area contributed by atoms with Crippen LogP contribution < -0.4 is 21.9 Å². The summed E-state index contributed by atoms with van der Waals surface area (Å²) in [6, 6.07) is 7.49. The molecule has 4 nitrogen and oxygen atoms in total. The van der Waals surface area contributed by atoms with Gasteiger partial charge in [-0.3, -0.25) is 0 Å². The van der Waals surface area contributed by atoms with E-state index in [0.29, 0.717) is 5.11 Å². The largest absolute Gasteiger partial charge is 0.353 e. The summed E-state index contributed by atoms with van der Waals surface area (Å²) in [6.07, 6.45) is 0. The van der Waals surface area contributed by atoms with Gasteiger partial charge in [0.15, 0.2) is 5.11 Å². The van der Waals surface area contributed by atoms with Gasteiger partial charge in [0.25, 0.3) is 0 Å². The SMILES string of the molecule is NNC(=S)Nc1ccc(NC=S)cc1. The number of anilines is 2. The van der Waals surface area contributed by atoms with Crippen LogP contribution in [0.3, 0.4) is 0 Å². The van der Waals surface area contributed by atoms with Crippen LogP contribution in [0.25, 0.3) is 0 Å². The van der Waals surface area contributed by atoms with Crippen molar-refractivity contribution in [2.45, 2.75) is 0 Å². The fraction of sp³-hybridized carbons (Fsp3) is 0. The number of nitrogens with two attached hydrogens (primary N) is 1. The van der Waals surface area contributed by atoms with Crippen LogP contribution in [0.2, 0.25) is 0 Å². The minimum atomic E-state index is 0.376. The minimum Gasteiger partial charge on any atom is -0.353 e. The molecule has 0 amide bonds. The quantitative estimate of drug-likeness (QED) is 0.353. The van der Waals surface area contributed by atoms with E-state index in [1.807, 2.05) is 24.3 Å². The lowest BCUT2D eigenvalue weighted by Gasteiger charge is -2.07. The maximum Gasteiger partial charge on any atom is 0.185 e. The summed E-state index contributed by atoms with van der Waals surface area (Å²) >= 11 is 9.49. The number of hydrogen-bond donors (Lipinski definition) is 4. The Labute approximate surface area is 92.8 Å². The molecule has 1 aromatic carbocycles. The molecule has 0 aromatic heterocycles. The molecular weight excluding hydrogens is 216 g/mol. The first-order chi connectivity index (χ1) is 6.76. The van der Waals surface area contributed by atoms with E-state index in [4.69, 9.17) is 18.1 Å². The van der Waals surface area contributed by atoms with Crippen LogP contribution in [0.1, 0.15) is 0 Å². The van der Waals surface area contributed by atoms with Gasteiger partial charge < -0.3 is 16.1 Å². The highest BCUT2D eigenvalue weighted by molar-refractivity contribution is 7.80. The summed E-state index contributed by atoms with van der Waals surface area (Å²) in [6.45, 7) is 0. The fourth-order valence-electron chi connectivity index (χ4n) is 0.885. The third-order valence-corrected chi connectivity index (χ3v) is 1.84. The zero-order valence-corrected chi connectivity index (χ0v) is 8.91. The molecule has 0 saturated heterocycles. The molecule has 14 heavy (non-hydrogen) atoms. The van der Waals surface area contributed by atoms with Crippen molar-refractivity contribution in [2.24, 2.45) is 5.84 Å². The summed E-state index contributed by atoms with van der Waals surface area (Å²) < 4.78 is 0. The lowest BCUT2D eigenvalue weighted by atomic mass is 10.3. The minimum absolute atomic E-state index is 0.376. The molecule has 0 radical (unpaired) electrons. The van der Waals surface area contributed by atoms with Crippen LogP contribution in [-0.4, -0.2) is 10.6 Å². The molecule has 74 valence electrons. The van der Waals surface area contributed by atoms with Gasteiger partial charge in [0, 0.05) is 11.4 Å². The van der Waals surface area contributed by atoms with Crippen molar-refractivity contribution in [3.63, 3.8) is 0 Å². The molecule has 0 aliphatic carbocycles. The number of thiocarbonyl (C=S) groups is 2. The number of benzene rings is 1. The molecule has 1 aromatic rings. The third kappa shape index (κ3) is 3.25. The highest BCUT2D eigenvalue weighted by Crippen LogP contribution is 2.12. The van der Waals surface area contributed by atoms with E-state index in [1.165, 1.54) is 5.49 Å². The summed E-state index contributed by atoms with van der Waals surface area (Å²) in [5.74, 6) is 5.11. The first-order valence-corrected chi connectivity index (χ1v) is 4.72. The maximum absolute atomic E-state index is 5.11. The van der Waals surface area contributed by atoms with Crippen LogP contribution in [0.4, 0.5) is 11.4 Å². The molecule has 0 spiro atoms. The topological polar surface area (TPSA) is 62.1 Å². The highest BCUT2D eigenvalue weighted by atomic mass is 32.1. The molecule has 0 fully saturated rings. The van der Waals surface area contributed by atoms with E-state index in [9.17, 15) is 0 Å². The molecule has 6 heteroatoms. The van der Waals surface area contributed by atoms with Crippen LogP contribution in [0.15, 0.2) is 24.3 Å². The van der Waals surface area contributed by atoms with Crippen molar-refractivity contribution >= 4 is 46.4 Å². The van der Waals surface area contributed by atoms with Crippen LogP contribution in [-0.2, 0) is 0 Å². The molecule has 5 N–H and O–H groups in total. The number of hydrogen-bond acceptors (Lipinski definition) is 3. The highest BCUT2D eigenvalue weighted by Gasteiger charge is 1.94. The molecule has 1 rings (SSSR count). The van der Waals surface area contributed by atoms with Gasteiger partial charge in [-0.2, -0.15) is 0 Å². The Morgan fingerprint density at radius 3 is 2.29 bits per heavy atom. The van der Waals surface area contributed by atoms with Crippen molar-refractivity contribution in [1.82, 2.24) is 5.43 Å². The first kappa shape index (κ1) is 10.8. The Kier molecular flexibility index (Phi) is 4.24. The summed E-state index contributed by atoms with van der Waals surface area (Å²) in [4.78, 5) is 0. The molecule has 0 heterocycles. The van der Waals surface area contributed by atoms with E-state index in [2.05, 4.69) is 28.3 Å². The average molecular weight is 226 g/mol. The van der Waals surface area contributed by atoms with Gasteiger partial charge in [0.1, 0.15) is 0 Å².